The number of carbonyl (C=O) groups excluding carboxylic acids is 1. The van der Waals surface area contributed by atoms with Gasteiger partial charge in [0.15, 0.2) is 0 Å². The molecule has 108 valence electrons. The smallest absolute Gasteiger partial charge is 0.311 e. The molecule has 2 aliphatic rings. The van der Waals surface area contributed by atoms with E-state index in [0.29, 0.717) is 5.92 Å². The highest BCUT2D eigenvalue weighted by Crippen LogP contribution is 2.48. The van der Waals surface area contributed by atoms with E-state index in [1.807, 2.05) is 0 Å². The van der Waals surface area contributed by atoms with Crippen LogP contribution in [0.25, 0.3) is 0 Å². The summed E-state index contributed by atoms with van der Waals surface area (Å²) in [6.07, 6.45) is 4.59. The molecule has 4 heteroatoms. The van der Waals surface area contributed by atoms with Crippen molar-refractivity contribution in [2.24, 2.45) is 23.2 Å². The van der Waals surface area contributed by atoms with Gasteiger partial charge in [-0.15, -0.1) is 0 Å². The summed E-state index contributed by atoms with van der Waals surface area (Å²) in [6.45, 7) is 6.92. The van der Waals surface area contributed by atoms with Gasteiger partial charge in [0.1, 0.15) is 0 Å². The van der Waals surface area contributed by atoms with Gasteiger partial charge in [-0.05, 0) is 58.8 Å². The van der Waals surface area contributed by atoms with Crippen molar-refractivity contribution in [3.63, 3.8) is 0 Å². The van der Waals surface area contributed by atoms with Crippen molar-refractivity contribution in [1.29, 1.82) is 0 Å². The van der Waals surface area contributed by atoms with E-state index in [2.05, 4.69) is 5.32 Å². The number of hydrogen-bond donors (Lipinski definition) is 2. The molecule has 4 nitrogen and oxygen atoms in total. The number of carboxylic acids is 1. The highest BCUT2D eigenvalue weighted by atomic mass is 16.4. The largest absolute Gasteiger partial charge is 0.481 e. The van der Waals surface area contributed by atoms with Crippen LogP contribution in [0.15, 0.2) is 0 Å². The lowest BCUT2D eigenvalue weighted by molar-refractivity contribution is -0.152. The molecule has 0 aromatic carbocycles. The second-order valence-electron chi connectivity index (χ2n) is 7.33. The van der Waals surface area contributed by atoms with Crippen LogP contribution in [-0.4, -0.2) is 22.5 Å². The number of amides is 1. The van der Waals surface area contributed by atoms with Crippen molar-refractivity contribution in [3.05, 3.63) is 0 Å². The molecular formula is C15H25NO3. The van der Waals surface area contributed by atoms with Gasteiger partial charge >= 0.3 is 5.97 Å². The van der Waals surface area contributed by atoms with E-state index in [4.69, 9.17) is 0 Å². The average Bonchev–Trinajstić information content (AvgIpc) is 2.89. The minimum atomic E-state index is -0.986. The lowest BCUT2D eigenvalue weighted by Crippen LogP contribution is -2.58. The first-order valence-corrected chi connectivity index (χ1v) is 7.20. The normalized spacial score (nSPS) is 30.4. The molecule has 0 heterocycles. The number of hydrogen-bond acceptors (Lipinski definition) is 2. The van der Waals surface area contributed by atoms with E-state index < -0.39 is 16.9 Å². The number of aliphatic carboxylic acids is 1. The highest BCUT2D eigenvalue weighted by Gasteiger charge is 2.48. The van der Waals surface area contributed by atoms with Crippen LogP contribution in [0.4, 0.5) is 0 Å². The first kappa shape index (κ1) is 14.4. The van der Waals surface area contributed by atoms with Gasteiger partial charge in [-0.25, -0.2) is 0 Å². The summed E-state index contributed by atoms with van der Waals surface area (Å²) in [5.74, 6) is 0.505. The second-order valence-corrected chi connectivity index (χ2v) is 7.33. The van der Waals surface area contributed by atoms with E-state index >= 15 is 0 Å². The maximum atomic E-state index is 12.4. The summed E-state index contributed by atoms with van der Waals surface area (Å²) in [6, 6.07) is 0. The molecule has 0 aliphatic heterocycles. The van der Waals surface area contributed by atoms with Crippen molar-refractivity contribution < 1.29 is 14.7 Å². The van der Waals surface area contributed by atoms with Crippen molar-refractivity contribution in [2.45, 2.75) is 58.9 Å². The van der Waals surface area contributed by atoms with Gasteiger partial charge in [0.25, 0.3) is 0 Å². The molecule has 19 heavy (non-hydrogen) atoms. The van der Waals surface area contributed by atoms with Gasteiger partial charge in [-0.3, -0.25) is 9.59 Å². The predicted octanol–water partition coefficient (Wildman–Crippen LogP) is 2.43. The van der Waals surface area contributed by atoms with Gasteiger partial charge in [0.2, 0.25) is 5.91 Å². The maximum absolute atomic E-state index is 12.4. The topological polar surface area (TPSA) is 66.4 Å². The zero-order chi connectivity index (χ0) is 14.4. The number of nitrogens with one attached hydrogen (secondary N) is 1. The molecule has 2 saturated carbocycles. The van der Waals surface area contributed by atoms with Crippen LogP contribution in [0.5, 0.6) is 0 Å². The third-order valence-electron chi connectivity index (χ3n) is 5.61. The maximum Gasteiger partial charge on any atom is 0.311 e. The average molecular weight is 267 g/mol. The molecule has 0 saturated heterocycles. The number of fused-ring (bicyclic) bond motifs is 2. The quantitative estimate of drug-likeness (QED) is 0.822. The molecule has 0 radical (unpaired) electrons. The molecule has 2 aliphatic carbocycles. The van der Waals surface area contributed by atoms with Gasteiger partial charge in [-0.1, -0.05) is 6.42 Å². The van der Waals surface area contributed by atoms with Crippen LogP contribution in [0.3, 0.4) is 0 Å². The van der Waals surface area contributed by atoms with Crippen LogP contribution in [0, 0.1) is 23.2 Å². The van der Waals surface area contributed by atoms with Crippen molar-refractivity contribution in [2.75, 3.05) is 0 Å². The minimum absolute atomic E-state index is 0.0477. The Hall–Kier alpha value is -1.06. The van der Waals surface area contributed by atoms with Gasteiger partial charge < -0.3 is 10.4 Å². The standard InChI is InChI=1S/C15H25NO3/c1-14(2,13(18)19)15(3,4)16-12(17)11-8-9-5-6-10(11)7-9/h9-11H,5-8H2,1-4H3,(H,16,17)(H,18,19). The molecule has 0 spiro atoms. The van der Waals surface area contributed by atoms with Crippen molar-refractivity contribution >= 4 is 11.9 Å². The Balaban J connectivity index is 2.04. The summed E-state index contributed by atoms with van der Waals surface area (Å²) in [5, 5.41) is 12.3. The Labute approximate surface area is 115 Å². The number of carboxylic acid groups (broad SMARTS) is 1. The molecule has 0 aromatic heterocycles. The van der Waals surface area contributed by atoms with Crippen molar-refractivity contribution in [1.82, 2.24) is 5.32 Å². The van der Waals surface area contributed by atoms with E-state index in [-0.39, 0.29) is 11.8 Å². The summed E-state index contributed by atoms with van der Waals surface area (Å²) in [7, 11) is 0. The Morgan fingerprint density at radius 1 is 1.11 bits per heavy atom. The third kappa shape index (κ3) is 2.37. The summed E-state index contributed by atoms with van der Waals surface area (Å²) in [4.78, 5) is 23.8. The Bertz CT molecular complexity index is 400. The summed E-state index contributed by atoms with van der Waals surface area (Å²) in [5.41, 5.74) is -1.74. The molecule has 2 rings (SSSR count). The van der Waals surface area contributed by atoms with Crippen LogP contribution in [0.2, 0.25) is 0 Å². The molecular weight excluding hydrogens is 242 g/mol. The fourth-order valence-electron chi connectivity index (χ4n) is 3.39. The molecule has 3 atom stereocenters. The van der Waals surface area contributed by atoms with Gasteiger partial charge in [0.05, 0.1) is 5.41 Å². The number of carbonyl (C=O) groups is 2. The highest BCUT2D eigenvalue weighted by molar-refractivity contribution is 5.82. The van der Waals surface area contributed by atoms with Crippen LogP contribution in [0.1, 0.15) is 53.4 Å². The van der Waals surface area contributed by atoms with Crippen LogP contribution < -0.4 is 5.32 Å². The summed E-state index contributed by atoms with van der Waals surface area (Å²) < 4.78 is 0. The fourth-order valence-corrected chi connectivity index (χ4v) is 3.39. The van der Waals surface area contributed by atoms with Crippen LogP contribution in [-0.2, 0) is 9.59 Å². The monoisotopic (exact) mass is 267 g/mol. The fraction of sp³-hybridized carbons (Fsp3) is 0.867. The van der Waals surface area contributed by atoms with Gasteiger partial charge in [0, 0.05) is 11.5 Å². The Morgan fingerprint density at radius 2 is 1.74 bits per heavy atom. The van der Waals surface area contributed by atoms with E-state index in [1.54, 1.807) is 27.7 Å². The molecule has 3 unspecified atom stereocenters. The Morgan fingerprint density at radius 3 is 2.16 bits per heavy atom. The molecule has 2 fully saturated rings. The first-order valence-electron chi connectivity index (χ1n) is 7.20. The molecule has 2 bridgehead atoms. The number of rotatable bonds is 4. The van der Waals surface area contributed by atoms with Crippen LogP contribution >= 0.6 is 0 Å². The summed E-state index contributed by atoms with van der Waals surface area (Å²) >= 11 is 0. The minimum Gasteiger partial charge on any atom is -0.481 e. The lowest BCUT2D eigenvalue weighted by atomic mass is 9.74. The van der Waals surface area contributed by atoms with E-state index in [9.17, 15) is 14.7 Å². The van der Waals surface area contributed by atoms with E-state index in [1.165, 1.54) is 12.8 Å². The lowest BCUT2D eigenvalue weighted by Gasteiger charge is -2.40. The zero-order valence-electron chi connectivity index (χ0n) is 12.3. The SMILES string of the molecule is CC(C)(NC(=O)C1CC2CCC1C2)C(C)(C)C(=O)O. The van der Waals surface area contributed by atoms with Gasteiger partial charge in [-0.2, -0.15) is 0 Å². The Kier molecular flexibility index (Phi) is 3.40. The predicted molar refractivity (Wildman–Crippen MR) is 72.6 cm³/mol. The zero-order valence-corrected chi connectivity index (χ0v) is 12.3. The third-order valence-corrected chi connectivity index (χ3v) is 5.61. The first-order chi connectivity index (χ1) is 8.65. The van der Waals surface area contributed by atoms with Crippen molar-refractivity contribution in [3.8, 4) is 0 Å². The molecule has 1 amide bonds. The molecule has 2 N–H and O–H groups in total. The molecule has 0 aromatic rings. The second kappa shape index (κ2) is 4.50. The van der Waals surface area contributed by atoms with E-state index in [0.717, 1.165) is 18.8 Å².